The molecule has 0 unspecified atom stereocenters. The fraction of sp³-hybridized carbons (Fsp3) is 0.176. The molecule has 0 spiro atoms. The molecule has 3 nitrogen and oxygen atoms in total. The number of Topliss-reactive ketones (excluding diaryl/α,β-unsaturated/α-hetero) is 1. The second kappa shape index (κ2) is 5.67. The van der Waals surface area contributed by atoms with E-state index in [9.17, 15) is 18.7 Å². The van der Waals surface area contributed by atoms with Gasteiger partial charge in [0.25, 0.3) is 0 Å². The number of nitrogens with zero attached hydrogens (tertiary/aromatic N) is 1. The van der Waals surface area contributed by atoms with Crippen molar-refractivity contribution in [1.29, 1.82) is 0 Å². The molecule has 0 radical (unpaired) electrons. The van der Waals surface area contributed by atoms with Gasteiger partial charge in [0.05, 0.1) is 11.3 Å². The van der Waals surface area contributed by atoms with Gasteiger partial charge in [-0.1, -0.05) is 6.07 Å². The van der Waals surface area contributed by atoms with Crippen LogP contribution >= 0.6 is 0 Å². The summed E-state index contributed by atoms with van der Waals surface area (Å²) in [6.45, 7) is 0. The lowest BCUT2D eigenvalue weighted by atomic mass is 9.90. The number of carbonyl (C=O) groups is 1. The molecule has 3 rings (SSSR count). The highest BCUT2D eigenvalue weighted by atomic mass is 19.1. The molecular formula is C17H12F2NO2-. The molecule has 2 aromatic carbocycles. The summed E-state index contributed by atoms with van der Waals surface area (Å²) in [5.41, 5.74) is 1.08. The zero-order chi connectivity index (χ0) is 15.7. The van der Waals surface area contributed by atoms with Crippen LogP contribution in [-0.2, 0) is 6.42 Å². The average molecular weight is 300 g/mol. The van der Waals surface area contributed by atoms with E-state index < -0.39 is 23.1 Å². The maximum absolute atomic E-state index is 13.6. The van der Waals surface area contributed by atoms with Crippen molar-refractivity contribution >= 4 is 17.4 Å². The molecule has 0 atom stereocenters. The molecule has 1 aliphatic rings. The minimum atomic E-state index is -0.974. The zero-order valence-electron chi connectivity index (χ0n) is 11.6. The zero-order valence-corrected chi connectivity index (χ0v) is 11.6. The molecule has 0 heterocycles. The van der Waals surface area contributed by atoms with Crippen LogP contribution in [0.2, 0.25) is 0 Å². The molecule has 0 fully saturated rings. The van der Waals surface area contributed by atoms with Crippen molar-refractivity contribution in [3.05, 3.63) is 64.7 Å². The quantitative estimate of drug-likeness (QED) is 0.632. The normalized spacial score (nSPS) is 14.8. The summed E-state index contributed by atoms with van der Waals surface area (Å²) in [6, 6.07) is 7.96. The molecule has 0 bridgehead atoms. The minimum Gasteiger partial charge on any atom is -0.858 e. The molecular weight excluding hydrogens is 288 g/mol. The van der Waals surface area contributed by atoms with E-state index in [1.807, 2.05) is 0 Å². The van der Waals surface area contributed by atoms with Gasteiger partial charge in [0, 0.05) is 17.9 Å². The van der Waals surface area contributed by atoms with Gasteiger partial charge in [0.1, 0.15) is 11.6 Å². The monoisotopic (exact) mass is 300 g/mol. The highest BCUT2D eigenvalue weighted by Gasteiger charge is 2.17. The van der Waals surface area contributed by atoms with Crippen LogP contribution in [0.25, 0.3) is 0 Å². The van der Waals surface area contributed by atoms with E-state index in [0.717, 1.165) is 30.5 Å². The van der Waals surface area contributed by atoms with Crippen LogP contribution in [0.5, 0.6) is 0 Å². The Morgan fingerprint density at radius 2 is 1.82 bits per heavy atom. The maximum Gasteiger partial charge on any atom is 0.163 e. The van der Waals surface area contributed by atoms with E-state index in [1.54, 1.807) is 12.1 Å². The van der Waals surface area contributed by atoms with Gasteiger partial charge >= 0.3 is 0 Å². The Hall–Kier alpha value is -2.56. The van der Waals surface area contributed by atoms with Gasteiger partial charge in [-0.15, -0.1) is 0 Å². The Morgan fingerprint density at radius 3 is 2.55 bits per heavy atom. The molecule has 5 heteroatoms. The van der Waals surface area contributed by atoms with Crippen LogP contribution in [0.3, 0.4) is 0 Å². The summed E-state index contributed by atoms with van der Waals surface area (Å²) in [6.07, 6.45) is 2.00. The Morgan fingerprint density at radius 1 is 1.09 bits per heavy atom. The van der Waals surface area contributed by atoms with E-state index in [1.165, 1.54) is 12.1 Å². The number of ketones is 1. The summed E-state index contributed by atoms with van der Waals surface area (Å²) >= 11 is 0. The van der Waals surface area contributed by atoms with E-state index in [4.69, 9.17) is 0 Å². The van der Waals surface area contributed by atoms with Crippen molar-refractivity contribution in [2.45, 2.75) is 19.3 Å². The third-order valence-electron chi connectivity index (χ3n) is 3.65. The largest absolute Gasteiger partial charge is 0.858 e. The molecule has 0 saturated carbocycles. The first-order valence-corrected chi connectivity index (χ1v) is 6.92. The molecule has 0 aliphatic heterocycles. The molecule has 0 aromatic heterocycles. The maximum atomic E-state index is 13.6. The smallest absolute Gasteiger partial charge is 0.163 e. The van der Waals surface area contributed by atoms with Crippen LogP contribution in [0.4, 0.5) is 14.5 Å². The molecule has 1 aliphatic carbocycles. The highest BCUT2D eigenvalue weighted by molar-refractivity contribution is 5.99. The van der Waals surface area contributed by atoms with Crippen molar-refractivity contribution < 1.29 is 18.7 Å². The number of aryl methyl sites for hydroxylation is 1. The van der Waals surface area contributed by atoms with Crippen LogP contribution in [0.1, 0.15) is 34.3 Å². The summed E-state index contributed by atoms with van der Waals surface area (Å²) < 4.78 is 27.1. The Bertz CT molecular complexity index is 764. The molecule has 2 aromatic rings. The average Bonchev–Trinajstić information content (AvgIpc) is 2.47. The summed E-state index contributed by atoms with van der Waals surface area (Å²) in [5, 5.41) is 12.0. The summed E-state index contributed by atoms with van der Waals surface area (Å²) in [5.74, 6) is -2.79. The number of carbonyl (C=O) groups excluding carboxylic acids is 1. The number of benzene rings is 2. The Kier molecular flexibility index (Phi) is 3.71. The third-order valence-corrected chi connectivity index (χ3v) is 3.65. The van der Waals surface area contributed by atoms with Crippen molar-refractivity contribution in [1.82, 2.24) is 0 Å². The van der Waals surface area contributed by atoms with Crippen LogP contribution in [-0.4, -0.2) is 11.7 Å². The van der Waals surface area contributed by atoms with Gasteiger partial charge in [-0.3, -0.25) is 9.79 Å². The third kappa shape index (κ3) is 2.62. The number of fused-ring (bicyclic) bond motifs is 1. The van der Waals surface area contributed by atoms with Crippen LogP contribution < -0.4 is 5.11 Å². The first-order chi connectivity index (χ1) is 10.6. The van der Waals surface area contributed by atoms with Gasteiger partial charge in [0.2, 0.25) is 0 Å². The number of rotatable bonds is 2. The predicted molar refractivity (Wildman–Crippen MR) is 76.3 cm³/mol. The van der Waals surface area contributed by atoms with Crippen molar-refractivity contribution in [3.63, 3.8) is 0 Å². The first-order valence-electron chi connectivity index (χ1n) is 6.92. The van der Waals surface area contributed by atoms with E-state index in [-0.39, 0.29) is 5.78 Å². The summed E-state index contributed by atoms with van der Waals surface area (Å²) in [4.78, 5) is 15.5. The van der Waals surface area contributed by atoms with Gasteiger partial charge in [-0.25, -0.2) is 8.78 Å². The second-order valence-electron chi connectivity index (χ2n) is 5.13. The minimum absolute atomic E-state index is 0.0688. The lowest BCUT2D eigenvalue weighted by Crippen LogP contribution is -2.21. The molecule has 112 valence electrons. The number of halogens is 2. The van der Waals surface area contributed by atoms with Crippen molar-refractivity contribution in [2.75, 3.05) is 0 Å². The van der Waals surface area contributed by atoms with Gasteiger partial charge < -0.3 is 5.11 Å². The van der Waals surface area contributed by atoms with Crippen molar-refractivity contribution in [2.24, 2.45) is 4.99 Å². The van der Waals surface area contributed by atoms with E-state index in [0.29, 0.717) is 17.7 Å². The number of hydrogen-bond acceptors (Lipinski definition) is 3. The Labute approximate surface area is 125 Å². The van der Waals surface area contributed by atoms with Gasteiger partial charge in [-0.05, 0) is 48.7 Å². The number of aliphatic imine (C=N–C) groups is 1. The number of hydrogen-bond donors (Lipinski definition) is 0. The SMILES string of the molecule is O=C1CCCc2cc(N=C([O-])c3c(F)cccc3F)ccc21. The molecule has 22 heavy (non-hydrogen) atoms. The Balaban J connectivity index is 2.00. The van der Waals surface area contributed by atoms with Gasteiger partial charge in [0.15, 0.2) is 5.78 Å². The van der Waals surface area contributed by atoms with Crippen molar-refractivity contribution in [3.8, 4) is 0 Å². The predicted octanol–water partition coefficient (Wildman–Crippen LogP) is 2.92. The van der Waals surface area contributed by atoms with E-state index in [2.05, 4.69) is 4.99 Å². The van der Waals surface area contributed by atoms with Crippen LogP contribution in [0, 0.1) is 11.6 Å². The van der Waals surface area contributed by atoms with E-state index >= 15 is 0 Å². The topological polar surface area (TPSA) is 52.5 Å². The lowest BCUT2D eigenvalue weighted by Gasteiger charge is -2.16. The standard InChI is InChI=1S/C17H13F2NO2/c18-13-4-2-5-14(19)16(13)17(22)20-11-7-8-12-10(9-11)3-1-6-15(12)21/h2,4-5,7-9H,1,3,6H2,(H,20,22)/p-1. The molecule has 0 saturated heterocycles. The second-order valence-corrected chi connectivity index (χ2v) is 5.13. The molecule has 0 N–H and O–H groups in total. The molecule has 0 amide bonds. The summed E-state index contributed by atoms with van der Waals surface area (Å²) in [7, 11) is 0. The fourth-order valence-corrected chi connectivity index (χ4v) is 2.58. The first kappa shape index (κ1) is 14.4. The van der Waals surface area contributed by atoms with Crippen LogP contribution in [0.15, 0.2) is 41.4 Å². The lowest BCUT2D eigenvalue weighted by molar-refractivity contribution is -0.213. The van der Waals surface area contributed by atoms with Gasteiger partial charge in [-0.2, -0.15) is 0 Å². The fourth-order valence-electron chi connectivity index (χ4n) is 2.58. The highest BCUT2D eigenvalue weighted by Crippen LogP contribution is 2.26.